The lowest BCUT2D eigenvalue weighted by Gasteiger charge is -2.10. The fourth-order valence-electron chi connectivity index (χ4n) is 3.03. The van der Waals surface area contributed by atoms with Gasteiger partial charge in [-0.15, -0.1) is 0 Å². The Morgan fingerprint density at radius 2 is 1.38 bits per heavy atom. The van der Waals surface area contributed by atoms with Crippen molar-refractivity contribution in [2.75, 3.05) is 6.61 Å². The Bertz CT molecular complexity index is 906. The minimum absolute atomic E-state index is 0.0396. The summed E-state index contributed by atoms with van der Waals surface area (Å²) in [6, 6.07) is 18.5. The van der Waals surface area contributed by atoms with E-state index in [0.29, 0.717) is 17.7 Å². The predicted octanol–water partition coefficient (Wildman–Crippen LogP) is 7.33. The van der Waals surface area contributed by atoms with Gasteiger partial charge in [0.25, 0.3) is 0 Å². The summed E-state index contributed by atoms with van der Waals surface area (Å²) in [6.07, 6.45) is 3.32. The van der Waals surface area contributed by atoms with Crippen molar-refractivity contribution in [2.45, 2.75) is 32.8 Å². The lowest BCUT2D eigenvalue weighted by Crippen LogP contribution is -2.01. The van der Waals surface area contributed by atoms with Gasteiger partial charge >= 0.3 is 6.61 Å². The van der Waals surface area contributed by atoms with Gasteiger partial charge in [0.2, 0.25) is 0 Å². The van der Waals surface area contributed by atoms with Crippen molar-refractivity contribution in [3.05, 3.63) is 72.5 Å². The van der Waals surface area contributed by atoms with Crippen molar-refractivity contribution in [3.8, 4) is 33.8 Å². The Kier molecular flexibility index (Phi) is 7.17. The smallest absolute Gasteiger partial charge is 0.387 e. The number of hydrogen-bond donors (Lipinski definition) is 0. The third kappa shape index (κ3) is 5.76. The lowest BCUT2D eigenvalue weighted by atomic mass is 9.99. The van der Waals surface area contributed by atoms with Gasteiger partial charge in [0, 0.05) is 5.56 Å². The second-order valence-electron chi connectivity index (χ2n) is 6.68. The summed E-state index contributed by atoms with van der Waals surface area (Å²) in [7, 11) is 0. The van der Waals surface area contributed by atoms with E-state index in [-0.39, 0.29) is 11.6 Å². The molecule has 0 atom stereocenters. The fraction of sp³-hybridized carbons (Fsp3) is 0.250. The molecule has 0 bridgehead atoms. The molecule has 0 aliphatic carbocycles. The van der Waals surface area contributed by atoms with Gasteiger partial charge in [0.15, 0.2) is 0 Å². The van der Waals surface area contributed by atoms with Crippen molar-refractivity contribution < 1.29 is 22.6 Å². The maximum atomic E-state index is 14.7. The molecule has 0 N–H and O–H groups in total. The molecule has 3 aromatic carbocycles. The summed E-state index contributed by atoms with van der Waals surface area (Å²) in [5.74, 6) is 0.454. The topological polar surface area (TPSA) is 18.5 Å². The summed E-state index contributed by atoms with van der Waals surface area (Å²) < 4.78 is 49.2. The summed E-state index contributed by atoms with van der Waals surface area (Å²) >= 11 is 0. The van der Waals surface area contributed by atoms with Crippen molar-refractivity contribution in [3.63, 3.8) is 0 Å². The first-order valence-corrected chi connectivity index (χ1v) is 9.65. The SMILES string of the molecule is CCCCCOc1ccc(-c2ccc(-c3ccc(OC(F)F)cc3)c(F)c2)cc1. The van der Waals surface area contributed by atoms with E-state index in [9.17, 15) is 13.2 Å². The Balaban J connectivity index is 1.70. The zero-order valence-corrected chi connectivity index (χ0v) is 16.2. The Morgan fingerprint density at radius 1 is 0.759 bits per heavy atom. The van der Waals surface area contributed by atoms with Crippen molar-refractivity contribution in [1.82, 2.24) is 0 Å². The highest BCUT2D eigenvalue weighted by atomic mass is 19.3. The molecular weight excluding hydrogens is 377 g/mol. The zero-order chi connectivity index (χ0) is 20.6. The van der Waals surface area contributed by atoms with E-state index < -0.39 is 6.61 Å². The second-order valence-corrected chi connectivity index (χ2v) is 6.68. The van der Waals surface area contributed by atoms with E-state index in [4.69, 9.17) is 4.74 Å². The predicted molar refractivity (Wildman–Crippen MR) is 109 cm³/mol. The van der Waals surface area contributed by atoms with Gasteiger partial charge in [0.05, 0.1) is 6.61 Å². The van der Waals surface area contributed by atoms with Crippen molar-refractivity contribution in [1.29, 1.82) is 0 Å². The highest BCUT2D eigenvalue weighted by Gasteiger charge is 2.09. The van der Waals surface area contributed by atoms with Crippen LogP contribution in [0.1, 0.15) is 26.2 Å². The number of ether oxygens (including phenoxy) is 2. The molecule has 5 heteroatoms. The average Bonchev–Trinajstić information content (AvgIpc) is 2.72. The summed E-state index contributed by atoms with van der Waals surface area (Å²) in [6.45, 7) is -0.0432. The molecule has 29 heavy (non-hydrogen) atoms. The molecule has 0 aromatic heterocycles. The molecule has 0 saturated carbocycles. The van der Waals surface area contributed by atoms with Crippen LogP contribution in [0.3, 0.4) is 0 Å². The van der Waals surface area contributed by atoms with Gasteiger partial charge < -0.3 is 9.47 Å². The van der Waals surface area contributed by atoms with E-state index in [1.807, 2.05) is 30.3 Å². The van der Waals surface area contributed by atoms with Gasteiger partial charge in [-0.25, -0.2) is 4.39 Å². The van der Waals surface area contributed by atoms with Gasteiger partial charge in [-0.1, -0.05) is 56.2 Å². The molecule has 0 heterocycles. The van der Waals surface area contributed by atoms with Gasteiger partial charge in [-0.05, 0) is 53.4 Å². The molecule has 0 amide bonds. The maximum Gasteiger partial charge on any atom is 0.387 e. The fourth-order valence-corrected chi connectivity index (χ4v) is 3.03. The van der Waals surface area contributed by atoms with Crippen LogP contribution in [0.4, 0.5) is 13.2 Å². The van der Waals surface area contributed by atoms with Crippen LogP contribution in [0.25, 0.3) is 22.3 Å². The first kappa shape index (κ1) is 20.8. The number of halogens is 3. The number of benzene rings is 3. The monoisotopic (exact) mass is 400 g/mol. The Hall–Kier alpha value is -2.95. The molecule has 0 spiro atoms. The van der Waals surface area contributed by atoms with E-state index >= 15 is 0 Å². The average molecular weight is 400 g/mol. The molecule has 0 radical (unpaired) electrons. The highest BCUT2D eigenvalue weighted by molar-refractivity contribution is 5.71. The molecule has 152 valence electrons. The van der Waals surface area contributed by atoms with E-state index in [0.717, 1.165) is 36.1 Å². The molecular formula is C24H23F3O2. The third-order valence-corrected chi connectivity index (χ3v) is 4.56. The minimum Gasteiger partial charge on any atom is -0.494 e. The van der Waals surface area contributed by atoms with E-state index in [1.54, 1.807) is 18.2 Å². The van der Waals surface area contributed by atoms with Gasteiger partial charge in [-0.2, -0.15) is 8.78 Å². The second kappa shape index (κ2) is 10.0. The Morgan fingerprint density at radius 3 is 2.00 bits per heavy atom. The van der Waals surface area contributed by atoms with Crippen LogP contribution in [-0.4, -0.2) is 13.2 Å². The Labute approximate surface area is 168 Å². The van der Waals surface area contributed by atoms with Crippen LogP contribution in [0.15, 0.2) is 66.7 Å². The van der Waals surface area contributed by atoms with E-state index in [1.165, 1.54) is 18.2 Å². The molecule has 0 saturated heterocycles. The van der Waals surface area contributed by atoms with Gasteiger partial charge in [0.1, 0.15) is 17.3 Å². The normalized spacial score (nSPS) is 10.9. The van der Waals surface area contributed by atoms with Crippen LogP contribution in [0.5, 0.6) is 11.5 Å². The van der Waals surface area contributed by atoms with Crippen molar-refractivity contribution in [2.24, 2.45) is 0 Å². The van der Waals surface area contributed by atoms with Crippen LogP contribution in [-0.2, 0) is 0 Å². The molecule has 3 rings (SSSR count). The zero-order valence-electron chi connectivity index (χ0n) is 16.2. The number of alkyl halides is 2. The molecule has 0 aliphatic rings. The maximum absolute atomic E-state index is 14.7. The molecule has 2 nitrogen and oxygen atoms in total. The third-order valence-electron chi connectivity index (χ3n) is 4.56. The number of hydrogen-bond acceptors (Lipinski definition) is 2. The van der Waals surface area contributed by atoms with Crippen LogP contribution in [0, 0.1) is 5.82 Å². The van der Waals surface area contributed by atoms with Crippen LogP contribution in [0.2, 0.25) is 0 Å². The quantitative estimate of drug-likeness (QED) is 0.350. The summed E-state index contributed by atoms with van der Waals surface area (Å²) in [4.78, 5) is 0. The number of rotatable bonds is 9. The molecule has 0 unspecified atom stereocenters. The van der Waals surface area contributed by atoms with E-state index in [2.05, 4.69) is 11.7 Å². The largest absolute Gasteiger partial charge is 0.494 e. The standard InChI is InChI=1S/C24H23F3O2/c1-2-3-4-15-28-20-10-5-17(6-11-20)19-9-14-22(23(25)16-19)18-7-12-21(13-8-18)29-24(26)27/h5-14,16,24H,2-4,15H2,1H3. The summed E-state index contributed by atoms with van der Waals surface area (Å²) in [5, 5.41) is 0. The van der Waals surface area contributed by atoms with Gasteiger partial charge in [-0.3, -0.25) is 0 Å². The molecule has 0 aliphatic heterocycles. The first-order chi connectivity index (χ1) is 14.1. The summed E-state index contributed by atoms with van der Waals surface area (Å²) in [5.41, 5.74) is 2.62. The van der Waals surface area contributed by atoms with Crippen LogP contribution < -0.4 is 9.47 Å². The van der Waals surface area contributed by atoms with Crippen molar-refractivity contribution >= 4 is 0 Å². The highest BCUT2D eigenvalue weighted by Crippen LogP contribution is 2.30. The first-order valence-electron chi connectivity index (χ1n) is 9.65. The molecule has 0 fully saturated rings. The molecule has 3 aromatic rings. The van der Waals surface area contributed by atoms with Crippen LogP contribution >= 0.6 is 0 Å². The lowest BCUT2D eigenvalue weighted by molar-refractivity contribution is -0.0498. The number of unbranched alkanes of at least 4 members (excludes halogenated alkanes) is 2. The minimum atomic E-state index is -2.88.